The van der Waals surface area contributed by atoms with Crippen molar-refractivity contribution in [1.29, 1.82) is 5.26 Å². The molecule has 1 aliphatic carbocycles. The number of hydrogen-bond donors (Lipinski definition) is 1. The van der Waals surface area contributed by atoms with Crippen molar-refractivity contribution in [3.8, 4) is 11.8 Å². The lowest BCUT2D eigenvalue weighted by Gasteiger charge is -2.18. The Kier molecular flexibility index (Phi) is 8.15. The first kappa shape index (κ1) is 22.2. The number of anilines is 1. The predicted molar refractivity (Wildman–Crippen MR) is 121 cm³/mol. The zero-order chi connectivity index (χ0) is 21.3. The molecule has 0 aliphatic heterocycles. The molecule has 0 saturated heterocycles. The summed E-state index contributed by atoms with van der Waals surface area (Å²) in [5.74, 6) is 0.699. The Morgan fingerprint density at radius 3 is 2.60 bits per heavy atom. The number of aryl methyl sites for hydroxylation is 2. The lowest BCUT2D eigenvalue weighted by molar-refractivity contribution is -0.115. The average molecular weight is 424 g/mol. The fourth-order valence-corrected chi connectivity index (χ4v) is 4.62. The number of benzene rings is 1. The highest BCUT2D eigenvalue weighted by molar-refractivity contribution is 8.00. The van der Waals surface area contributed by atoms with E-state index in [0.29, 0.717) is 23.6 Å². The van der Waals surface area contributed by atoms with Crippen LogP contribution in [-0.2, 0) is 17.6 Å². The molecule has 1 atom stereocenters. The molecule has 2 aromatic rings. The smallest absolute Gasteiger partial charge is 0.237 e. The molecule has 30 heavy (non-hydrogen) atoms. The van der Waals surface area contributed by atoms with E-state index in [2.05, 4.69) is 11.4 Å². The number of carbonyl (C=O) groups excluding carboxylic acids is 1. The van der Waals surface area contributed by atoms with Gasteiger partial charge in [-0.25, -0.2) is 4.98 Å². The van der Waals surface area contributed by atoms with Gasteiger partial charge in [0.05, 0.1) is 17.4 Å². The molecule has 0 bridgehead atoms. The van der Waals surface area contributed by atoms with Crippen LogP contribution in [0.1, 0.15) is 62.8 Å². The third-order valence-corrected chi connectivity index (χ3v) is 6.60. The zero-order valence-electron chi connectivity index (χ0n) is 17.7. The number of thioether (sulfide) groups is 1. The van der Waals surface area contributed by atoms with Gasteiger partial charge in [0.15, 0.2) is 0 Å². The van der Waals surface area contributed by atoms with Crippen LogP contribution in [0.25, 0.3) is 0 Å². The second-order valence-electron chi connectivity index (χ2n) is 7.43. The minimum absolute atomic E-state index is 0.0795. The number of hydrogen-bond acceptors (Lipinski definition) is 5. The van der Waals surface area contributed by atoms with Gasteiger partial charge in [-0.2, -0.15) is 5.26 Å². The first-order valence-corrected chi connectivity index (χ1v) is 11.7. The van der Waals surface area contributed by atoms with E-state index in [-0.39, 0.29) is 11.2 Å². The fourth-order valence-electron chi connectivity index (χ4n) is 3.62. The second-order valence-corrected chi connectivity index (χ2v) is 8.63. The number of nitrogens with one attached hydrogen (secondary N) is 1. The van der Waals surface area contributed by atoms with Crippen molar-refractivity contribution in [3.05, 3.63) is 47.2 Å². The van der Waals surface area contributed by atoms with Crippen molar-refractivity contribution in [2.45, 2.75) is 69.1 Å². The number of fused-ring (bicyclic) bond motifs is 1. The highest BCUT2D eigenvalue weighted by Gasteiger charge is 2.22. The standard InChI is InChI=1S/C24H29N3O2S/c1-3-22(23(28)26-19-11-13-20(14-12-19)29-4-2)30-24-18(16-25)15-17-9-7-5-6-8-10-21(17)27-24/h11-15,22H,3-10H2,1-2H3,(H,26,28). The number of aromatic nitrogens is 1. The average Bonchev–Trinajstić information content (AvgIpc) is 2.74. The number of carbonyl (C=O) groups is 1. The summed E-state index contributed by atoms with van der Waals surface area (Å²) in [4.78, 5) is 17.7. The van der Waals surface area contributed by atoms with E-state index in [1.54, 1.807) is 0 Å². The van der Waals surface area contributed by atoms with E-state index in [4.69, 9.17) is 9.72 Å². The summed E-state index contributed by atoms with van der Waals surface area (Å²) in [6, 6.07) is 11.6. The topological polar surface area (TPSA) is 75.0 Å². The minimum atomic E-state index is -0.317. The maximum absolute atomic E-state index is 12.9. The molecule has 0 spiro atoms. The van der Waals surface area contributed by atoms with E-state index in [0.717, 1.165) is 42.8 Å². The van der Waals surface area contributed by atoms with E-state index in [1.165, 1.54) is 30.2 Å². The molecule has 1 aliphatic rings. The quantitative estimate of drug-likeness (QED) is 0.594. The van der Waals surface area contributed by atoms with Crippen molar-refractivity contribution in [2.24, 2.45) is 0 Å². The summed E-state index contributed by atoms with van der Waals surface area (Å²) in [5, 5.41) is 13.0. The van der Waals surface area contributed by atoms with Gasteiger partial charge in [0.1, 0.15) is 16.8 Å². The van der Waals surface area contributed by atoms with Crippen LogP contribution in [0, 0.1) is 11.3 Å². The second kappa shape index (κ2) is 11.0. The van der Waals surface area contributed by atoms with Crippen LogP contribution in [-0.4, -0.2) is 22.7 Å². The van der Waals surface area contributed by atoms with Gasteiger partial charge < -0.3 is 10.1 Å². The Labute approximate surface area is 183 Å². The number of rotatable bonds is 7. The van der Waals surface area contributed by atoms with Crippen molar-refractivity contribution in [3.63, 3.8) is 0 Å². The van der Waals surface area contributed by atoms with Crippen molar-refractivity contribution in [2.75, 3.05) is 11.9 Å². The van der Waals surface area contributed by atoms with E-state index in [1.807, 2.05) is 44.2 Å². The largest absolute Gasteiger partial charge is 0.494 e. The number of nitrogens with zero attached hydrogens (tertiary/aromatic N) is 2. The highest BCUT2D eigenvalue weighted by Crippen LogP contribution is 2.31. The monoisotopic (exact) mass is 423 g/mol. The van der Waals surface area contributed by atoms with Gasteiger partial charge in [-0.1, -0.05) is 31.5 Å². The maximum Gasteiger partial charge on any atom is 0.237 e. The Morgan fingerprint density at radius 2 is 1.93 bits per heavy atom. The van der Waals surface area contributed by atoms with Crippen LogP contribution >= 0.6 is 11.8 Å². The van der Waals surface area contributed by atoms with Gasteiger partial charge in [0.2, 0.25) is 5.91 Å². The molecule has 1 amide bonds. The molecule has 0 saturated carbocycles. The molecule has 0 radical (unpaired) electrons. The molecule has 1 aromatic heterocycles. The fraction of sp³-hybridized carbons (Fsp3) is 0.458. The zero-order valence-corrected chi connectivity index (χ0v) is 18.6. The van der Waals surface area contributed by atoms with Gasteiger partial charge in [-0.3, -0.25) is 4.79 Å². The van der Waals surface area contributed by atoms with Gasteiger partial charge in [-0.05, 0) is 74.9 Å². The predicted octanol–water partition coefficient (Wildman–Crippen LogP) is 5.52. The summed E-state index contributed by atoms with van der Waals surface area (Å²) >= 11 is 1.39. The molecule has 5 nitrogen and oxygen atoms in total. The number of pyridine rings is 1. The third-order valence-electron chi connectivity index (χ3n) is 5.24. The summed E-state index contributed by atoms with van der Waals surface area (Å²) in [5.41, 5.74) is 3.60. The molecule has 3 rings (SSSR count). The summed E-state index contributed by atoms with van der Waals surface area (Å²) in [6.45, 7) is 4.52. The first-order chi connectivity index (χ1) is 14.6. The number of nitriles is 1. The van der Waals surface area contributed by atoms with Crippen molar-refractivity contribution in [1.82, 2.24) is 4.98 Å². The number of ether oxygens (including phenoxy) is 1. The van der Waals surface area contributed by atoms with E-state index in [9.17, 15) is 10.1 Å². The summed E-state index contributed by atoms with van der Waals surface area (Å²) in [7, 11) is 0. The summed E-state index contributed by atoms with van der Waals surface area (Å²) < 4.78 is 5.45. The minimum Gasteiger partial charge on any atom is -0.494 e. The van der Waals surface area contributed by atoms with Crippen LogP contribution in [0.5, 0.6) is 5.75 Å². The number of amides is 1. The normalized spacial score (nSPS) is 14.6. The van der Waals surface area contributed by atoms with Gasteiger partial charge in [-0.15, -0.1) is 0 Å². The Bertz CT molecular complexity index is 906. The molecule has 1 unspecified atom stereocenters. The van der Waals surface area contributed by atoms with Gasteiger partial charge >= 0.3 is 0 Å². The molecular weight excluding hydrogens is 394 g/mol. The molecule has 0 fully saturated rings. The van der Waals surface area contributed by atoms with Crippen molar-refractivity contribution < 1.29 is 9.53 Å². The maximum atomic E-state index is 12.9. The van der Waals surface area contributed by atoms with Crippen LogP contribution in [0.15, 0.2) is 35.4 Å². The molecular formula is C24H29N3O2S. The SMILES string of the molecule is CCOc1ccc(NC(=O)C(CC)Sc2nc3c(cc2C#N)CCCCCC3)cc1. The Hall–Kier alpha value is -2.52. The lowest BCUT2D eigenvalue weighted by atomic mass is 9.96. The Balaban J connectivity index is 1.74. The Morgan fingerprint density at radius 1 is 1.20 bits per heavy atom. The van der Waals surface area contributed by atoms with Gasteiger partial charge in [0.25, 0.3) is 0 Å². The van der Waals surface area contributed by atoms with Crippen LogP contribution in [0.2, 0.25) is 0 Å². The first-order valence-electron chi connectivity index (χ1n) is 10.8. The molecule has 1 heterocycles. The lowest BCUT2D eigenvalue weighted by Crippen LogP contribution is -2.25. The van der Waals surface area contributed by atoms with Crippen LogP contribution in [0.3, 0.4) is 0 Å². The van der Waals surface area contributed by atoms with Crippen LogP contribution in [0.4, 0.5) is 5.69 Å². The molecule has 6 heteroatoms. The van der Waals surface area contributed by atoms with Crippen molar-refractivity contribution >= 4 is 23.4 Å². The van der Waals surface area contributed by atoms with Gasteiger partial charge in [0, 0.05) is 11.4 Å². The third kappa shape index (κ3) is 5.76. The van der Waals surface area contributed by atoms with Crippen LogP contribution < -0.4 is 10.1 Å². The summed E-state index contributed by atoms with van der Waals surface area (Å²) in [6.07, 6.45) is 7.32. The van der Waals surface area contributed by atoms with E-state index >= 15 is 0 Å². The van der Waals surface area contributed by atoms with E-state index < -0.39 is 0 Å². The highest BCUT2D eigenvalue weighted by atomic mass is 32.2. The molecule has 1 N–H and O–H groups in total. The molecule has 1 aromatic carbocycles. The molecule has 158 valence electrons.